The van der Waals surface area contributed by atoms with Gasteiger partial charge in [-0.1, -0.05) is 18.3 Å². The van der Waals surface area contributed by atoms with Crippen LogP contribution in [0.3, 0.4) is 0 Å². The second kappa shape index (κ2) is 6.77. The van der Waals surface area contributed by atoms with Crippen LogP contribution in [0.4, 0.5) is 0 Å². The Morgan fingerprint density at radius 1 is 1.30 bits per heavy atom. The van der Waals surface area contributed by atoms with E-state index in [1.54, 1.807) is 11.6 Å². The number of methoxy groups -OCH3 is 1. The summed E-state index contributed by atoms with van der Waals surface area (Å²) in [6, 6.07) is 9.80. The third-order valence-corrected chi connectivity index (χ3v) is 4.10. The summed E-state index contributed by atoms with van der Waals surface area (Å²) in [6.45, 7) is 3.17. The molecule has 23 heavy (non-hydrogen) atoms. The van der Waals surface area contributed by atoms with Crippen molar-refractivity contribution in [2.75, 3.05) is 13.7 Å². The van der Waals surface area contributed by atoms with E-state index in [0.717, 1.165) is 22.7 Å². The minimum atomic E-state index is 0.414. The zero-order valence-corrected chi connectivity index (χ0v) is 13.8. The van der Waals surface area contributed by atoms with Crippen molar-refractivity contribution >= 4 is 16.3 Å². The van der Waals surface area contributed by atoms with Crippen molar-refractivity contribution < 1.29 is 9.47 Å². The molecule has 0 saturated carbocycles. The predicted molar refractivity (Wildman–Crippen MR) is 87.5 cm³/mol. The third kappa shape index (κ3) is 3.04. The summed E-state index contributed by atoms with van der Waals surface area (Å²) in [5.41, 5.74) is 1.94. The van der Waals surface area contributed by atoms with Crippen molar-refractivity contribution in [1.29, 1.82) is 5.26 Å². The lowest BCUT2D eigenvalue weighted by Crippen LogP contribution is -1.95. The van der Waals surface area contributed by atoms with Gasteiger partial charge in [0.1, 0.15) is 22.5 Å². The van der Waals surface area contributed by atoms with E-state index in [1.807, 2.05) is 24.3 Å². The molecule has 0 saturated heterocycles. The molecule has 7 heteroatoms. The second-order valence-corrected chi connectivity index (χ2v) is 5.96. The Bertz CT molecular complexity index is 845. The van der Waals surface area contributed by atoms with Gasteiger partial charge < -0.3 is 9.47 Å². The highest BCUT2D eigenvalue weighted by Gasteiger charge is 2.17. The van der Waals surface area contributed by atoms with Gasteiger partial charge in [-0.15, -0.1) is 0 Å². The van der Waals surface area contributed by atoms with E-state index in [4.69, 9.17) is 9.47 Å². The van der Waals surface area contributed by atoms with Crippen LogP contribution in [0.15, 0.2) is 24.3 Å². The summed E-state index contributed by atoms with van der Waals surface area (Å²) in [7, 11) is 1.61. The summed E-state index contributed by atoms with van der Waals surface area (Å²) in [4.78, 5) is 5.24. The number of hydrogen-bond acceptors (Lipinski definition) is 6. The topological polar surface area (TPSA) is 72.4 Å². The molecule has 2 aromatic heterocycles. The molecule has 0 atom stereocenters. The third-order valence-electron chi connectivity index (χ3n) is 3.22. The number of nitriles is 1. The van der Waals surface area contributed by atoms with E-state index in [2.05, 4.69) is 23.1 Å². The van der Waals surface area contributed by atoms with E-state index >= 15 is 0 Å². The molecule has 0 aliphatic heterocycles. The average molecular weight is 328 g/mol. The zero-order valence-electron chi connectivity index (χ0n) is 12.9. The molecular weight excluding hydrogens is 312 g/mol. The van der Waals surface area contributed by atoms with Crippen LogP contribution in [0.5, 0.6) is 5.75 Å². The lowest BCUT2D eigenvalue weighted by atomic mass is 10.1. The van der Waals surface area contributed by atoms with E-state index in [0.29, 0.717) is 29.6 Å². The SMILES string of the molecule is CCCOc1ccc(-c2nc3sc(COC)nn3c2C#N)cc1. The molecule has 3 rings (SSSR count). The van der Waals surface area contributed by atoms with Crippen LogP contribution in [0.25, 0.3) is 16.2 Å². The quantitative estimate of drug-likeness (QED) is 0.694. The van der Waals surface area contributed by atoms with Gasteiger partial charge in [-0.05, 0) is 30.7 Å². The molecule has 0 spiro atoms. The fourth-order valence-electron chi connectivity index (χ4n) is 2.20. The first-order valence-electron chi connectivity index (χ1n) is 7.27. The van der Waals surface area contributed by atoms with Gasteiger partial charge in [0.2, 0.25) is 4.96 Å². The van der Waals surface area contributed by atoms with E-state index in [1.165, 1.54) is 11.3 Å². The Kier molecular flexibility index (Phi) is 4.55. The van der Waals surface area contributed by atoms with Gasteiger partial charge in [0.15, 0.2) is 5.69 Å². The maximum atomic E-state index is 9.47. The van der Waals surface area contributed by atoms with Crippen molar-refractivity contribution in [3.63, 3.8) is 0 Å². The smallest absolute Gasteiger partial charge is 0.214 e. The van der Waals surface area contributed by atoms with Crippen LogP contribution in [-0.2, 0) is 11.3 Å². The summed E-state index contributed by atoms with van der Waals surface area (Å²) in [6.07, 6.45) is 0.965. The van der Waals surface area contributed by atoms with Crippen LogP contribution < -0.4 is 4.74 Å². The van der Waals surface area contributed by atoms with Crippen LogP contribution in [0.1, 0.15) is 24.0 Å². The van der Waals surface area contributed by atoms with Crippen LogP contribution in [0.2, 0.25) is 0 Å². The fraction of sp³-hybridized carbons (Fsp3) is 0.312. The molecule has 0 unspecified atom stereocenters. The molecule has 0 amide bonds. The second-order valence-electron chi connectivity index (χ2n) is 4.92. The average Bonchev–Trinajstić information content (AvgIpc) is 3.10. The number of fused-ring (bicyclic) bond motifs is 1. The summed E-state index contributed by atoms with van der Waals surface area (Å²) in [5, 5.41) is 14.6. The fourth-order valence-corrected chi connectivity index (χ4v) is 3.07. The Morgan fingerprint density at radius 2 is 2.09 bits per heavy atom. The first-order valence-corrected chi connectivity index (χ1v) is 8.09. The maximum absolute atomic E-state index is 9.47. The van der Waals surface area contributed by atoms with E-state index in [9.17, 15) is 5.26 Å². The van der Waals surface area contributed by atoms with Crippen molar-refractivity contribution in [1.82, 2.24) is 14.6 Å². The Hall–Kier alpha value is -2.43. The summed E-state index contributed by atoms with van der Waals surface area (Å²) >= 11 is 1.42. The Morgan fingerprint density at radius 3 is 2.74 bits per heavy atom. The molecule has 1 aromatic carbocycles. The number of imidazole rings is 1. The van der Waals surface area contributed by atoms with Gasteiger partial charge in [-0.2, -0.15) is 14.9 Å². The Labute approximate surface area is 137 Å². The van der Waals surface area contributed by atoms with E-state index < -0.39 is 0 Å². The molecule has 0 aliphatic carbocycles. The summed E-state index contributed by atoms with van der Waals surface area (Å²) < 4.78 is 12.2. The molecule has 0 radical (unpaired) electrons. The number of rotatable bonds is 6. The van der Waals surface area contributed by atoms with Gasteiger partial charge in [-0.3, -0.25) is 0 Å². The monoisotopic (exact) mass is 328 g/mol. The molecule has 118 valence electrons. The number of benzene rings is 1. The minimum absolute atomic E-state index is 0.414. The molecule has 6 nitrogen and oxygen atoms in total. The van der Waals surface area contributed by atoms with Crippen LogP contribution in [0, 0.1) is 11.3 Å². The number of aromatic nitrogens is 3. The molecule has 2 heterocycles. The lowest BCUT2D eigenvalue weighted by Gasteiger charge is -2.05. The highest BCUT2D eigenvalue weighted by Crippen LogP contribution is 2.28. The molecule has 0 bridgehead atoms. The zero-order chi connectivity index (χ0) is 16.2. The van der Waals surface area contributed by atoms with Crippen LogP contribution in [-0.4, -0.2) is 28.3 Å². The van der Waals surface area contributed by atoms with Crippen molar-refractivity contribution in [3.8, 4) is 23.1 Å². The minimum Gasteiger partial charge on any atom is -0.494 e. The number of nitrogens with zero attached hydrogens (tertiary/aromatic N) is 4. The maximum Gasteiger partial charge on any atom is 0.214 e. The predicted octanol–water partition coefficient (Wildman–Crippen LogP) is 3.26. The highest BCUT2D eigenvalue weighted by molar-refractivity contribution is 7.16. The number of ether oxygens (including phenoxy) is 2. The summed E-state index contributed by atoms with van der Waals surface area (Å²) in [5.74, 6) is 0.815. The van der Waals surface area contributed by atoms with E-state index in [-0.39, 0.29) is 0 Å². The first kappa shape index (κ1) is 15.5. The van der Waals surface area contributed by atoms with Gasteiger partial charge in [0.25, 0.3) is 0 Å². The van der Waals surface area contributed by atoms with Crippen LogP contribution >= 0.6 is 11.3 Å². The molecular formula is C16H16N4O2S. The first-order chi connectivity index (χ1) is 11.3. The van der Waals surface area contributed by atoms with Gasteiger partial charge >= 0.3 is 0 Å². The van der Waals surface area contributed by atoms with Crippen molar-refractivity contribution in [3.05, 3.63) is 35.0 Å². The van der Waals surface area contributed by atoms with Crippen molar-refractivity contribution in [2.45, 2.75) is 20.0 Å². The standard InChI is InChI=1S/C16H16N4O2S/c1-3-8-22-12-6-4-11(5-7-12)15-13(9-17)20-16(18-15)23-14(19-20)10-21-2/h4-7H,3,8,10H2,1-2H3. The van der Waals surface area contributed by atoms with Crippen molar-refractivity contribution in [2.24, 2.45) is 0 Å². The highest BCUT2D eigenvalue weighted by atomic mass is 32.1. The van der Waals surface area contributed by atoms with Gasteiger partial charge in [0, 0.05) is 12.7 Å². The largest absolute Gasteiger partial charge is 0.494 e. The van der Waals surface area contributed by atoms with Gasteiger partial charge in [-0.25, -0.2) is 4.98 Å². The normalized spacial score (nSPS) is 10.8. The Balaban J connectivity index is 1.96. The lowest BCUT2D eigenvalue weighted by molar-refractivity contribution is 0.183. The molecule has 0 aliphatic rings. The number of hydrogen-bond donors (Lipinski definition) is 0. The molecule has 0 N–H and O–H groups in total. The van der Waals surface area contributed by atoms with Gasteiger partial charge in [0.05, 0.1) is 13.2 Å². The molecule has 0 fully saturated rings. The molecule has 3 aromatic rings.